The van der Waals surface area contributed by atoms with Crippen molar-refractivity contribution in [2.45, 2.75) is 26.5 Å². The van der Waals surface area contributed by atoms with Crippen LogP contribution in [0.25, 0.3) is 0 Å². The summed E-state index contributed by atoms with van der Waals surface area (Å²) >= 11 is 0. The fraction of sp³-hybridized carbons (Fsp3) is 0.353. The summed E-state index contributed by atoms with van der Waals surface area (Å²) in [5.41, 5.74) is 3.64. The molecule has 0 radical (unpaired) electrons. The van der Waals surface area contributed by atoms with E-state index in [1.165, 1.54) is 11.1 Å². The quantitative estimate of drug-likeness (QED) is 0.748. The first-order valence-corrected chi connectivity index (χ1v) is 7.07. The molecule has 1 N–H and O–H groups in total. The van der Waals surface area contributed by atoms with Gasteiger partial charge in [-0.05, 0) is 36.6 Å². The zero-order chi connectivity index (χ0) is 14.0. The van der Waals surface area contributed by atoms with E-state index in [0.29, 0.717) is 6.61 Å². The number of aryl methyl sites for hydroxylation is 1. The van der Waals surface area contributed by atoms with E-state index in [1.54, 1.807) is 0 Å². The molecule has 0 unspecified atom stereocenters. The summed E-state index contributed by atoms with van der Waals surface area (Å²) in [6.07, 6.45) is 4.74. The second-order valence-corrected chi connectivity index (χ2v) is 4.94. The van der Waals surface area contributed by atoms with Crippen LogP contribution in [-0.4, -0.2) is 18.1 Å². The molecule has 0 aliphatic carbocycles. The molecule has 2 rings (SSSR count). The minimum absolute atomic E-state index is 0.646. The maximum Gasteiger partial charge on any atom is 0.0731 e. The van der Waals surface area contributed by atoms with Crippen LogP contribution in [-0.2, 0) is 17.9 Å². The van der Waals surface area contributed by atoms with E-state index in [1.807, 2.05) is 25.4 Å². The highest BCUT2D eigenvalue weighted by Crippen LogP contribution is 2.03. The second kappa shape index (κ2) is 8.46. The fourth-order valence-corrected chi connectivity index (χ4v) is 2.01. The van der Waals surface area contributed by atoms with Gasteiger partial charge >= 0.3 is 0 Å². The number of nitrogens with one attached hydrogen (secondary N) is 1. The van der Waals surface area contributed by atoms with Gasteiger partial charge in [-0.2, -0.15) is 0 Å². The van der Waals surface area contributed by atoms with Gasteiger partial charge in [-0.25, -0.2) is 0 Å². The second-order valence-electron chi connectivity index (χ2n) is 4.94. The Bertz CT molecular complexity index is 499. The van der Waals surface area contributed by atoms with Crippen LogP contribution in [0.2, 0.25) is 0 Å². The number of pyridine rings is 1. The van der Waals surface area contributed by atoms with Crippen molar-refractivity contribution in [3.63, 3.8) is 0 Å². The summed E-state index contributed by atoms with van der Waals surface area (Å²) in [5.74, 6) is 0. The van der Waals surface area contributed by atoms with Crippen LogP contribution in [0, 0.1) is 6.92 Å². The largest absolute Gasteiger partial charge is 0.377 e. The van der Waals surface area contributed by atoms with Crippen molar-refractivity contribution in [3.8, 4) is 0 Å². The zero-order valence-electron chi connectivity index (χ0n) is 12.0. The van der Waals surface area contributed by atoms with Gasteiger partial charge in [0, 0.05) is 25.5 Å². The van der Waals surface area contributed by atoms with Crippen LogP contribution in [0.1, 0.15) is 23.1 Å². The van der Waals surface area contributed by atoms with E-state index >= 15 is 0 Å². The van der Waals surface area contributed by atoms with Crippen LogP contribution in [0.5, 0.6) is 0 Å². The molecule has 2 aromatic rings. The summed E-state index contributed by atoms with van der Waals surface area (Å²) in [6, 6.07) is 12.5. The standard InChI is InChI=1S/C17H22N2O/c1-15-10-17(13-19-11-15)14-20-9-5-8-18-12-16-6-3-2-4-7-16/h2-4,6-7,10-11,13,18H,5,8-9,12,14H2,1H3. The van der Waals surface area contributed by atoms with E-state index in [0.717, 1.165) is 31.7 Å². The van der Waals surface area contributed by atoms with E-state index in [-0.39, 0.29) is 0 Å². The molecule has 1 aromatic heterocycles. The molecule has 1 aromatic carbocycles. The Kier molecular flexibility index (Phi) is 6.21. The number of hydrogen-bond donors (Lipinski definition) is 1. The van der Waals surface area contributed by atoms with Gasteiger partial charge in [-0.15, -0.1) is 0 Å². The van der Waals surface area contributed by atoms with E-state index in [2.05, 4.69) is 40.6 Å². The highest BCUT2D eigenvalue weighted by molar-refractivity contribution is 5.15. The third-order valence-corrected chi connectivity index (χ3v) is 3.01. The van der Waals surface area contributed by atoms with Gasteiger partial charge in [0.2, 0.25) is 0 Å². The summed E-state index contributed by atoms with van der Waals surface area (Å²) in [5, 5.41) is 3.42. The Labute approximate surface area is 121 Å². The molecule has 106 valence electrons. The predicted octanol–water partition coefficient (Wildman–Crippen LogP) is 3.09. The first-order chi connectivity index (χ1) is 9.84. The lowest BCUT2D eigenvalue weighted by Gasteiger charge is -2.06. The van der Waals surface area contributed by atoms with Crippen molar-refractivity contribution >= 4 is 0 Å². The number of nitrogens with zero attached hydrogens (tertiary/aromatic N) is 1. The maximum absolute atomic E-state index is 5.65. The summed E-state index contributed by atoms with van der Waals surface area (Å²) in [4.78, 5) is 4.15. The third-order valence-electron chi connectivity index (χ3n) is 3.01. The van der Waals surface area contributed by atoms with Gasteiger partial charge in [0.25, 0.3) is 0 Å². The van der Waals surface area contributed by atoms with E-state index in [4.69, 9.17) is 4.74 Å². The monoisotopic (exact) mass is 270 g/mol. The first-order valence-electron chi connectivity index (χ1n) is 7.07. The number of rotatable bonds is 8. The molecule has 0 aliphatic heterocycles. The van der Waals surface area contributed by atoms with Gasteiger partial charge in [0.1, 0.15) is 0 Å². The third kappa shape index (κ3) is 5.51. The molecular weight excluding hydrogens is 248 g/mol. The van der Waals surface area contributed by atoms with Crippen LogP contribution in [0.15, 0.2) is 48.8 Å². The predicted molar refractivity (Wildman–Crippen MR) is 81.4 cm³/mol. The molecule has 0 spiro atoms. The SMILES string of the molecule is Cc1cncc(COCCCNCc2ccccc2)c1. The molecule has 3 heteroatoms. The zero-order valence-corrected chi connectivity index (χ0v) is 12.0. The Hall–Kier alpha value is -1.71. The highest BCUT2D eigenvalue weighted by Gasteiger charge is 1.95. The van der Waals surface area contributed by atoms with Crippen molar-refractivity contribution in [3.05, 3.63) is 65.5 Å². The van der Waals surface area contributed by atoms with Gasteiger partial charge in [0.15, 0.2) is 0 Å². The van der Waals surface area contributed by atoms with Gasteiger partial charge in [-0.1, -0.05) is 36.4 Å². The number of aromatic nitrogens is 1. The lowest BCUT2D eigenvalue weighted by atomic mass is 10.2. The Balaban J connectivity index is 1.52. The van der Waals surface area contributed by atoms with E-state index < -0.39 is 0 Å². The Morgan fingerprint density at radius 2 is 1.95 bits per heavy atom. The Morgan fingerprint density at radius 1 is 1.10 bits per heavy atom. The van der Waals surface area contributed by atoms with Crippen molar-refractivity contribution in [2.24, 2.45) is 0 Å². The molecule has 1 heterocycles. The summed E-state index contributed by atoms with van der Waals surface area (Å²) in [6.45, 7) is 5.36. The van der Waals surface area contributed by atoms with Crippen LogP contribution >= 0.6 is 0 Å². The van der Waals surface area contributed by atoms with Crippen molar-refractivity contribution in [1.82, 2.24) is 10.3 Å². The molecule has 0 fully saturated rings. The maximum atomic E-state index is 5.65. The molecule has 3 nitrogen and oxygen atoms in total. The normalized spacial score (nSPS) is 10.7. The lowest BCUT2D eigenvalue weighted by Crippen LogP contribution is -2.16. The molecule has 0 amide bonds. The fourth-order valence-electron chi connectivity index (χ4n) is 2.01. The average Bonchev–Trinajstić information content (AvgIpc) is 2.47. The van der Waals surface area contributed by atoms with Crippen LogP contribution in [0.3, 0.4) is 0 Å². The van der Waals surface area contributed by atoms with Gasteiger partial charge < -0.3 is 10.1 Å². The van der Waals surface area contributed by atoms with Crippen LogP contribution < -0.4 is 5.32 Å². The summed E-state index contributed by atoms with van der Waals surface area (Å²) < 4.78 is 5.65. The molecule has 0 saturated heterocycles. The van der Waals surface area contributed by atoms with Crippen molar-refractivity contribution in [2.75, 3.05) is 13.2 Å². The molecule has 0 atom stereocenters. The molecule has 20 heavy (non-hydrogen) atoms. The Morgan fingerprint density at radius 3 is 2.75 bits per heavy atom. The van der Waals surface area contributed by atoms with Crippen molar-refractivity contribution < 1.29 is 4.74 Å². The lowest BCUT2D eigenvalue weighted by molar-refractivity contribution is 0.118. The molecule has 0 bridgehead atoms. The molecule has 0 saturated carbocycles. The molecule has 0 aliphatic rings. The van der Waals surface area contributed by atoms with Crippen molar-refractivity contribution in [1.29, 1.82) is 0 Å². The summed E-state index contributed by atoms with van der Waals surface area (Å²) in [7, 11) is 0. The number of ether oxygens (including phenoxy) is 1. The topological polar surface area (TPSA) is 34.1 Å². The number of benzene rings is 1. The van der Waals surface area contributed by atoms with E-state index in [9.17, 15) is 0 Å². The number of hydrogen-bond acceptors (Lipinski definition) is 3. The molecular formula is C17H22N2O. The van der Waals surface area contributed by atoms with Gasteiger partial charge in [0.05, 0.1) is 6.61 Å². The smallest absolute Gasteiger partial charge is 0.0731 e. The minimum Gasteiger partial charge on any atom is -0.377 e. The van der Waals surface area contributed by atoms with Gasteiger partial charge in [-0.3, -0.25) is 4.98 Å². The average molecular weight is 270 g/mol. The first kappa shape index (κ1) is 14.7. The minimum atomic E-state index is 0.646. The highest BCUT2D eigenvalue weighted by atomic mass is 16.5. The van der Waals surface area contributed by atoms with Crippen LogP contribution in [0.4, 0.5) is 0 Å².